The van der Waals surface area contributed by atoms with E-state index in [0.717, 1.165) is 0 Å². The van der Waals surface area contributed by atoms with Crippen molar-refractivity contribution in [1.29, 1.82) is 0 Å². The highest BCUT2D eigenvalue weighted by Gasteiger charge is 2.30. The standard InChI is InChI=1S/C18H22ClF3N2O4/c1-2-27-17(26)12-5-7-24(8-6-12)16(25)10-23-14-9-13(19)3-4-15(14)28-11-18(20,21)22/h3-4,9,12,23H,2,5-8,10-11H2,1H3. The highest BCUT2D eigenvalue weighted by atomic mass is 35.5. The summed E-state index contributed by atoms with van der Waals surface area (Å²) in [6.45, 7) is 1.31. The number of rotatable bonds is 7. The van der Waals surface area contributed by atoms with E-state index in [0.29, 0.717) is 37.6 Å². The van der Waals surface area contributed by atoms with Crippen LogP contribution >= 0.6 is 11.6 Å². The average Bonchev–Trinajstić information content (AvgIpc) is 2.65. The summed E-state index contributed by atoms with van der Waals surface area (Å²) >= 11 is 5.89. The van der Waals surface area contributed by atoms with E-state index in [1.54, 1.807) is 11.8 Å². The van der Waals surface area contributed by atoms with Gasteiger partial charge in [0, 0.05) is 18.1 Å². The zero-order valence-electron chi connectivity index (χ0n) is 15.4. The number of alkyl halides is 3. The number of carbonyl (C=O) groups is 2. The van der Waals surface area contributed by atoms with E-state index in [1.165, 1.54) is 18.2 Å². The summed E-state index contributed by atoms with van der Waals surface area (Å²) < 4.78 is 46.9. The first-order chi connectivity index (χ1) is 13.2. The number of nitrogens with zero attached hydrogens (tertiary/aromatic N) is 1. The van der Waals surface area contributed by atoms with Gasteiger partial charge in [0.1, 0.15) is 5.75 Å². The molecule has 0 bridgehead atoms. The van der Waals surface area contributed by atoms with Crippen LogP contribution in [0.5, 0.6) is 5.75 Å². The highest BCUT2D eigenvalue weighted by Crippen LogP contribution is 2.29. The Hall–Kier alpha value is -2.16. The lowest BCUT2D eigenvalue weighted by Crippen LogP contribution is -2.43. The lowest BCUT2D eigenvalue weighted by atomic mass is 9.97. The number of hydrogen-bond acceptors (Lipinski definition) is 5. The molecule has 10 heteroatoms. The molecule has 1 fully saturated rings. The average molecular weight is 423 g/mol. The fourth-order valence-electron chi connectivity index (χ4n) is 2.83. The van der Waals surface area contributed by atoms with Crippen LogP contribution in [0, 0.1) is 5.92 Å². The van der Waals surface area contributed by atoms with Gasteiger partial charge in [0.05, 0.1) is 24.8 Å². The first-order valence-corrected chi connectivity index (χ1v) is 9.24. The first-order valence-electron chi connectivity index (χ1n) is 8.87. The van der Waals surface area contributed by atoms with Crippen molar-refractivity contribution >= 4 is 29.2 Å². The van der Waals surface area contributed by atoms with Crippen molar-refractivity contribution < 1.29 is 32.2 Å². The van der Waals surface area contributed by atoms with Crippen molar-refractivity contribution in [3.63, 3.8) is 0 Å². The molecule has 156 valence electrons. The van der Waals surface area contributed by atoms with Gasteiger partial charge < -0.3 is 19.7 Å². The lowest BCUT2D eigenvalue weighted by molar-refractivity contribution is -0.153. The molecule has 1 heterocycles. The molecule has 0 atom stereocenters. The molecule has 0 spiro atoms. The SMILES string of the molecule is CCOC(=O)C1CCN(C(=O)CNc2cc(Cl)ccc2OCC(F)(F)F)CC1. The van der Waals surface area contributed by atoms with Crippen LogP contribution in [0.15, 0.2) is 18.2 Å². The van der Waals surface area contributed by atoms with Crippen molar-refractivity contribution in [2.45, 2.75) is 25.9 Å². The first kappa shape index (κ1) is 22.1. The van der Waals surface area contributed by atoms with Gasteiger partial charge in [-0.1, -0.05) is 11.6 Å². The third kappa shape index (κ3) is 6.78. The number of hydrogen-bond donors (Lipinski definition) is 1. The van der Waals surface area contributed by atoms with Crippen LogP contribution in [0.25, 0.3) is 0 Å². The summed E-state index contributed by atoms with van der Waals surface area (Å²) in [5.41, 5.74) is 0.200. The predicted octanol–water partition coefficient (Wildman–Crippen LogP) is 3.49. The zero-order valence-corrected chi connectivity index (χ0v) is 16.1. The number of piperidine rings is 1. The highest BCUT2D eigenvalue weighted by molar-refractivity contribution is 6.30. The van der Waals surface area contributed by atoms with E-state index in [2.05, 4.69) is 5.32 Å². The number of amides is 1. The Morgan fingerprint density at radius 1 is 1.29 bits per heavy atom. The fourth-order valence-corrected chi connectivity index (χ4v) is 3.01. The van der Waals surface area contributed by atoms with Crippen molar-refractivity contribution in [2.75, 3.05) is 38.2 Å². The summed E-state index contributed by atoms with van der Waals surface area (Å²) in [5, 5.41) is 3.08. The Kier molecular flexibility index (Phi) is 7.79. The van der Waals surface area contributed by atoms with Crippen molar-refractivity contribution in [1.82, 2.24) is 4.90 Å². The van der Waals surface area contributed by atoms with E-state index >= 15 is 0 Å². The van der Waals surface area contributed by atoms with Gasteiger partial charge in [-0.25, -0.2) is 0 Å². The molecule has 0 radical (unpaired) electrons. The summed E-state index contributed by atoms with van der Waals surface area (Å²) in [5.74, 6) is -0.745. The lowest BCUT2D eigenvalue weighted by Gasteiger charge is -2.31. The Labute approximate surface area is 165 Å². The molecule has 0 aromatic heterocycles. The van der Waals surface area contributed by atoms with Gasteiger partial charge in [0.15, 0.2) is 6.61 Å². The van der Waals surface area contributed by atoms with Crippen molar-refractivity contribution in [2.24, 2.45) is 5.92 Å². The quantitative estimate of drug-likeness (QED) is 0.681. The predicted molar refractivity (Wildman–Crippen MR) is 97.4 cm³/mol. The number of likely N-dealkylation sites (tertiary alicyclic amines) is 1. The Morgan fingerprint density at radius 2 is 1.96 bits per heavy atom. The Bertz CT molecular complexity index is 692. The summed E-state index contributed by atoms with van der Waals surface area (Å²) in [6.07, 6.45) is -3.45. The van der Waals surface area contributed by atoms with Crippen LogP contribution in [0.4, 0.5) is 18.9 Å². The molecule has 0 unspecified atom stereocenters. The molecular formula is C18H22ClF3N2O4. The molecule has 0 saturated carbocycles. The molecule has 1 aromatic carbocycles. The van der Waals surface area contributed by atoms with Gasteiger partial charge in [0.25, 0.3) is 0 Å². The maximum atomic E-state index is 12.4. The zero-order chi connectivity index (χ0) is 20.7. The van der Waals surface area contributed by atoms with Crippen molar-refractivity contribution in [3.05, 3.63) is 23.2 Å². The summed E-state index contributed by atoms with van der Waals surface area (Å²) in [6, 6.07) is 4.11. The molecule has 1 aliphatic heterocycles. The second-order valence-electron chi connectivity index (χ2n) is 6.30. The smallest absolute Gasteiger partial charge is 0.422 e. The van der Waals surface area contributed by atoms with Crippen LogP contribution in [0.1, 0.15) is 19.8 Å². The minimum atomic E-state index is -4.48. The molecule has 28 heavy (non-hydrogen) atoms. The molecule has 1 N–H and O–H groups in total. The van der Waals surface area contributed by atoms with Crippen LogP contribution in [-0.2, 0) is 14.3 Å². The largest absolute Gasteiger partial charge is 0.482 e. The van der Waals surface area contributed by atoms with Gasteiger partial charge >= 0.3 is 12.1 Å². The van der Waals surface area contributed by atoms with E-state index in [4.69, 9.17) is 21.1 Å². The molecular weight excluding hydrogens is 401 g/mol. The minimum Gasteiger partial charge on any atom is -0.482 e. The second kappa shape index (κ2) is 9.86. The maximum absolute atomic E-state index is 12.4. The Balaban J connectivity index is 1.89. The van der Waals surface area contributed by atoms with E-state index in [9.17, 15) is 22.8 Å². The summed E-state index contributed by atoms with van der Waals surface area (Å²) in [7, 11) is 0. The molecule has 1 saturated heterocycles. The topological polar surface area (TPSA) is 67.9 Å². The third-order valence-electron chi connectivity index (χ3n) is 4.23. The monoisotopic (exact) mass is 422 g/mol. The number of halogens is 4. The minimum absolute atomic E-state index is 0.0458. The molecule has 0 aliphatic carbocycles. The number of anilines is 1. The van der Waals surface area contributed by atoms with Gasteiger partial charge in [0.2, 0.25) is 5.91 Å². The van der Waals surface area contributed by atoms with Crippen LogP contribution in [0.3, 0.4) is 0 Å². The van der Waals surface area contributed by atoms with Gasteiger partial charge in [-0.2, -0.15) is 13.2 Å². The van der Waals surface area contributed by atoms with Crippen molar-refractivity contribution in [3.8, 4) is 5.75 Å². The number of carbonyl (C=O) groups excluding carboxylic acids is 2. The van der Waals surface area contributed by atoms with E-state index in [-0.39, 0.29) is 35.8 Å². The molecule has 1 amide bonds. The summed E-state index contributed by atoms with van der Waals surface area (Å²) in [4.78, 5) is 25.7. The third-order valence-corrected chi connectivity index (χ3v) is 4.47. The van der Waals surface area contributed by atoms with Gasteiger partial charge in [-0.3, -0.25) is 9.59 Å². The normalized spacial score (nSPS) is 15.2. The van der Waals surface area contributed by atoms with E-state index < -0.39 is 12.8 Å². The maximum Gasteiger partial charge on any atom is 0.422 e. The Morgan fingerprint density at radius 3 is 2.57 bits per heavy atom. The second-order valence-corrected chi connectivity index (χ2v) is 6.74. The molecule has 6 nitrogen and oxygen atoms in total. The van der Waals surface area contributed by atoms with Crippen LogP contribution in [-0.4, -0.2) is 55.8 Å². The van der Waals surface area contributed by atoms with Crippen LogP contribution in [0.2, 0.25) is 5.02 Å². The molecule has 1 aliphatic rings. The number of ether oxygens (including phenoxy) is 2. The van der Waals surface area contributed by atoms with E-state index in [1.807, 2.05) is 0 Å². The molecule has 2 rings (SSSR count). The number of nitrogens with one attached hydrogen (secondary N) is 1. The van der Waals surface area contributed by atoms with Crippen LogP contribution < -0.4 is 10.1 Å². The number of benzene rings is 1. The fraction of sp³-hybridized carbons (Fsp3) is 0.556. The number of esters is 1. The van der Waals surface area contributed by atoms with Gasteiger partial charge in [-0.15, -0.1) is 0 Å². The molecule has 1 aromatic rings. The van der Waals surface area contributed by atoms with Gasteiger partial charge in [-0.05, 0) is 38.0 Å².